The van der Waals surface area contributed by atoms with E-state index in [1.54, 1.807) is 0 Å². The summed E-state index contributed by atoms with van der Waals surface area (Å²) in [5, 5.41) is 0. The lowest BCUT2D eigenvalue weighted by atomic mass is 9.89. The Morgan fingerprint density at radius 3 is 2.63 bits per heavy atom. The molecule has 1 aliphatic heterocycles. The van der Waals surface area contributed by atoms with Crippen molar-refractivity contribution in [2.45, 2.75) is 44.7 Å². The lowest BCUT2D eigenvalue weighted by Crippen LogP contribution is -2.36. The molecular weight excluding hydrogens is 264 g/mol. The third-order valence-corrected chi connectivity index (χ3v) is 5.66. The molecule has 1 heterocycles. The molecule has 4 atom stereocenters. The maximum Gasteiger partial charge on any atom is 0.223 e. The molecule has 19 heavy (non-hydrogen) atoms. The molecule has 3 aliphatic rings. The van der Waals surface area contributed by atoms with Crippen LogP contribution in [0.5, 0.6) is 0 Å². The van der Waals surface area contributed by atoms with Gasteiger partial charge in [0.1, 0.15) is 0 Å². The molecule has 0 aromatic carbocycles. The Labute approximate surface area is 114 Å². The molecule has 0 aromatic rings. The normalized spacial score (nSPS) is 38.8. The summed E-state index contributed by atoms with van der Waals surface area (Å²) in [6.07, 6.45) is 5.14. The van der Waals surface area contributed by atoms with Gasteiger partial charge in [-0.3, -0.25) is 4.79 Å². The van der Waals surface area contributed by atoms with Gasteiger partial charge in [0, 0.05) is 25.0 Å². The molecular formula is C13H22N2O3S. The van der Waals surface area contributed by atoms with E-state index in [1.165, 1.54) is 6.26 Å². The van der Waals surface area contributed by atoms with E-state index < -0.39 is 10.0 Å². The fraction of sp³-hybridized carbons (Fsp3) is 0.923. The van der Waals surface area contributed by atoms with E-state index in [9.17, 15) is 13.2 Å². The van der Waals surface area contributed by atoms with Gasteiger partial charge in [-0.05, 0) is 37.0 Å². The largest absolute Gasteiger partial charge is 0.336 e. The van der Waals surface area contributed by atoms with E-state index in [-0.39, 0.29) is 5.91 Å². The summed E-state index contributed by atoms with van der Waals surface area (Å²) < 4.78 is 25.1. The average Bonchev–Trinajstić information content (AvgIpc) is 2.98. The minimum atomic E-state index is -3.14. The first kappa shape index (κ1) is 13.4. The highest BCUT2D eigenvalue weighted by Gasteiger charge is 2.53. The smallest absolute Gasteiger partial charge is 0.223 e. The molecule has 0 unspecified atom stereocenters. The second-order valence-electron chi connectivity index (χ2n) is 6.46. The van der Waals surface area contributed by atoms with Crippen molar-refractivity contribution in [1.82, 2.24) is 9.62 Å². The van der Waals surface area contributed by atoms with Gasteiger partial charge in [-0.1, -0.05) is 6.92 Å². The van der Waals surface area contributed by atoms with Gasteiger partial charge in [-0.2, -0.15) is 0 Å². The van der Waals surface area contributed by atoms with Crippen LogP contribution in [0.15, 0.2) is 0 Å². The number of fused-ring (bicyclic) bond motifs is 1. The Morgan fingerprint density at radius 1 is 1.37 bits per heavy atom. The SMILES string of the molecule is C[C@H]1C[C@@H]2[C@@H](CC(=O)N2C2CC2)[C@@H]1CNS(C)(=O)=O. The van der Waals surface area contributed by atoms with Crippen LogP contribution in [0.3, 0.4) is 0 Å². The van der Waals surface area contributed by atoms with Gasteiger partial charge in [0.2, 0.25) is 15.9 Å². The van der Waals surface area contributed by atoms with Gasteiger partial charge in [0.25, 0.3) is 0 Å². The average molecular weight is 286 g/mol. The number of hydrogen-bond acceptors (Lipinski definition) is 3. The molecule has 0 radical (unpaired) electrons. The van der Waals surface area contributed by atoms with Crippen molar-refractivity contribution in [3.63, 3.8) is 0 Å². The highest BCUT2D eigenvalue weighted by atomic mass is 32.2. The second-order valence-corrected chi connectivity index (χ2v) is 8.30. The minimum Gasteiger partial charge on any atom is -0.336 e. The van der Waals surface area contributed by atoms with Crippen molar-refractivity contribution >= 4 is 15.9 Å². The van der Waals surface area contributed by atoms with Gasteiger partial charge in [-0.25, -0.2) is 13.1 Å². The summed E-state index contributed by atoms with van der Waals surface area (Å²) in [6, 6.07) is 0.845. The van der Waals surface area contributed by atoms with Crippen LogP contribution in [0.4, 0.5) is 0 Å². The first-order valence-corrected chi connectivity index (χ1v) is 9.02. The van der Waals surface area contributed by atoms with Gasteiger partial charge in [0.15, 0.2) is 0 Å². The standard InChI is InChI=1S/C13H22N2O3S/c1-8-5-12-10(11(8)7-14-19(2,17)18)6-13(16)15(12)9-3-4-9/h8-12,14H,3-7H2,1-2H3/t8-,10-,11+,12+/m0/s1. The van der Waals surface area contributed by atoms with Crippen LogP contribution in [0.1, 0.15) is 32.6 Å². The zero-order valence-corrected chi connectivity index (χ0v) is 12.3. The summed E-state index contributed by atoms with van der Waals surface area (Å²) >= 11 is 0. The Bertz CT molecular complexity index is 486. The van der Waals surface area contributed by atoms with Crippen LogP contribution in [0.2, 0.25) is 0 Å². The molecule has 2 aliphatic carbocycles. The van der Waals surface area contributed by atoms with Crippen molar-refractivity contribution in [1.29, 1.82) is 0 Å². The van der Waals surface area contributed by atoms with E-state index in [2.05, 4.69) is 16.5 Å². The van der Waals surface area contributed by atoms with Gasteiger partial charge < -0.3 is 4.90 Å². The molecule has 0 bridgehead atoms. The molecule has 6 heteroatoms. The summed E-state index contributed by atoms with van der Waals surface area (Å²) in [7, 11) is -3.14. The molecule has 1 saturated heterocycles. The number of carbonyl (C=O) groups excluding carboxylic acids is 1. The van der Waals surface area contributed by atoms with Crippen molar-refractivity contribution in [2.24, 2.45) is 17.8 Å². The summed E-state index contributed by atoms with van der Waals surface area (Å²) in [5.74, 6) is 1.41. The van der Waals surface area contributed by atoms with E-state index in [0.717, 1.165) is 19.3 Å². The number of carbonyl (C=O) groups is 1. The lowest BCUT2D eigenvalue weighted by Gasteiger charge is -2.24. The summed E-state index contributed by atoms with van der Waals surface area (Å²) in [6.45, 7) is 2.66. The van der Waals surface area contributed by atoms with Crippen LogP contribution in [0, 0.1) is 17.8 Å². The lowest BCUT2D eigenvalue weighted by molar-refractivity contribution is -0.129. The van der Waals surface area contributed by atoms with Crippen LogP contribution in [-0.4, -0.2) is 44.1 Å². The first-order chi connectivity index (χ1) is 8.87. The Hall–Kier alpha value is -0.620. The fourth-order valence-corrected chi connectivity index (χ4v) is 4.46. The predicted octanol–water partition coefficient (Wildman–Crippen LogP) is 0.571. The number of amides is 1. The van der Waals surface area contributed by atoms with Crippen molar-refractivity contribution in [3.8, 4) is 0 Å². The maximum atomic E-state index is 12.1. The van der Waals surface area contributed by atoms with Gasteiger partial charge in [-0.15, -0.1) is 0 Å². The van der Waals surface area contributed by atoms with Crippen molar-refractivity contribution in [3.05, 3.63) is 0 Å². The zero-order chi connectivity index (χ0) is 13.8. The number of nitrogens with zero attached hydrogens (tertiary/aromatic N) is 1. The van der Waals surface area contributed by atoms with E-state index in [4.69, 9.17) is 0 Å². The predicted molar refractivity (Wildman–Crippen MR) is 71.9 cm³/mol. The van der Waals surface area contributed by atoms with Crippen LogP contribution in [0.25, 0.3) is 0 Å². The fourth-order valence-electron chi connectivity index (χ4n) is 3.96. The molecule has 108 valence electrons. The van der Waals surface area contributed by atoms with Crippen molar-refractivity contribution in [2.75, 3.05) is 12.8 Å². The monoisotopic (exact) mass is 286 g/mol. The molecule has 0 aromatic heterocycles. The van der Waals surface area contributed by atoms with Gasteiger partial charge in [0.05, 0.1) is 6.26 Å². The number of likely N-dealkylation sites (tertiary alicyclic amines) is 1. The van der Waals surface area contributed by atoms with Crippen molar-refractivity contribution < 1.29 is 13.2 Å². The molecule has 1 amide bonds. The van der Waals surface area contributed by atoms with Crippen LogP contribution >= 0.6 is 0 Å². The first-order valence-electron chi connectivity index (χ1n) is 7.12. The Kier molecular flexibility index (Phi) is 3.13. The number of hydrogen-bond donors (Lipinski definition) is 1. The molecule has 5 nitrogen and oxygen atoms in total. The molecule has 1 N–H and O–H groups in total. The molecule has 0 spiro atoms. The molecule has 2 saturated carbocycles. The Balaban J connectivity index is 1.71. The van der Waals surface area contributed by atoms with Gasteiger partial charge >= 0.3 is 0 Å². The van der Waals surface area contributed by atoms with E-state index in [0.29, 0.717) is 42.8 Å². The topological polar surface area (TPSA) is 66.5 Å². The number of rotatable bonds is 4. The molecule has 3 fully saturated rings. The minimum absolute atomic E-state index is 0.286. The highest BCUT2D eigenvalue weighted by Crippen LogP contribution is 2.49. The van der Waals surface area contributed by atoms with E-state index >= 15 is 0 Å². The van der Waals surface area contributed by atoms with E-state index in [1.807, 2.05) is 0 Å². The maximum absolute atomic E-state index is 12.1. The van der Waals surface area contributed by atoms with Crippen LogP contribution < -0.4 is 4.72 Å². The third-order valence-electron chi connectivity index (χ3n) is 4.97. The Morgan fingerprint density at radius 2 is 2.05 bits per heavy atom. The number of nitrogens with one attached hydrogen (secondary N) is 1. The second kappa shape index (κ2) is 4.45. The summed E-state index contributed by atoms with van der Waals surface area (Å²) in [4.78, 5) is 14.2. The summed E-state index contributed by atoms with van der Waals surface area (Å²) in [5.41, 5.74) is 0. The quantitative estimate of drug-likeness (QED) is 0.821. The number of sulfonamides is 1. The zero-order valence-electron chi connectivity index (χ0n) is 11.5. The van der Waals surface area contributed by atoms with Crippen LogP contribution in [-0.2, 0) is 14.8 Å². The molecule has 3 rings (SSSR count). The third kappa shape index (κ3) is 2.52. The highest BCUT2D eigenvalue weighted by molar-refractivity contribution is 7.88.